The van der Waals surface area contributed by atoms with Gasteiger partial charge in [0.15, 0.2) is 0 Å². The van der Waals surface area contributed by atoms with E-state index in [1.165, 1.54) is 0 Å². The molecule has 0 unspecified atom stereocenters. The molecule has 0 amide bonds. The fourth-order valence-corrected chi connectivity index (χ4v) is 2.78. The van der Waals surface area contributed by atoms with E-state index < -0.39 is 0 Å². The van der Waals surface area contributed by atoms with Crippen LogP contribution in [0.4, 0.5) is 0 Å². The Kier molecular flexibility index (Phi) is 6.66. The van der Waals surface area contributed by atoms with Gasteiger partial charge in [-0.25, -0.2) is 0 Å². The van der Waals surface area contributed by atoms with Crippen LogP contribution >= 0.6 is 11.6 Å². The Labute approximate surface area is 169 Å². The molecule has 0 saturated carbocycles. The molecule has 0 fully saturated rings. The van der Waals surface area contributed by atoms with Crippen LogP contribution in [0.3, 0.4) is 0 Å². The second-order valence-electron chi connectivity index (χ2n) is 6.46. The van der Waals surface area contributed by atoms with E-state index in [4.69, 9.17) is 25.8 Å². The zero-order chi connectivity index (χ0) is 19.9. The van der Waals surface area contributed by atoms with Gasteiger partial charge in [0, 0.05) is 18.0 Å². The van der Waals surface area contributed by atoms with Crippen molar-refractivity contribution in [2.24, 2.45) is 0 Å². The van der Waals surface area contributed by atoms with Crippen molar-refractivity contribution in [3.8, 4) is 17.5 Å². The van der Waals surface area contributed by atoms with Crippen LogP contribution < -0.4 is 14.2 Å². The Hall–Kier alpha value is -2.86. The SMILES string of the molecule is COc1ccc(COc2nc(Cl)nc(OCc3cccnc3)c2C(C)C)cc1. The van der Waals surface area contributed by atoms with Crippen LogP contribution in [0.1, 0.15) is 36.5 Å². The fraction of sp³-hybridized carbons (Fsp3) is 0.286. The van der Waals surface area contributed by atoms with Crippen LogP contribution in [0, 0.1) is 0 Å². The van der Waals surface area contributed by atoms with Crippen LogP contribution in [-0.2, 0) is 13.2 Å². The highest BCUT2D eigenvalue weighted by atomic mass is 35.5. The minimum atomic E-state index is 0.0790. The predicted octanol–water partition coefficient (Wildman–Crippen LogP) is 4.82. The smallest absolute Gasteiger partial charge is 0.228 e. The first-order valence-electron chi connectivity index (χ1n) is 8.91. The molecule has 1 aromatic carbocycles. The average Bonchev–Trinajstić information content (AvgIpc) is 2.71. The van der Waals surface area contributed by atoms with Gasteiger partial charge in [-0.05, 0) is 41.3 Å². The van der Waals surface area contributed by atoms with Crippen LogP contribution in [-0.4, -0.2) is 22.1 Å². The van der Waals surface area contributed by atoms with Gasteiger partial charge in [0.1, 0.15) is 19.0 Å². The number of rotatable bonds is 8. The highest BCUT2D eigenvalue weighted by Gasteiger charge is 2.20. The third-order valence-corrected chi connectivity index (χ3v) is 4.23. The van der Waals surface area contributed by atoms with Gasteiger partial charge in [0.05, 0.1) is 12.7 Å². The van der Waals surface area contributed by atoms with Crippen molar-refractivity contribution in [2.45, 2.75) is 33.0 Å². The number of pyridine rings is 1. The maximum absolute atomic E-state index is 6.12. The van der Waals surface area contributed by atoms with Gasteiger partial charge in [-0.2, -0.15) is 9.97 Å². The van der Waals surface area contributed by atoms with Gasteiger partial charge < -0.3 is 14.2 Å². The van der Waals surface area contributed by atoms with Gasteiger partial charge >= 0.3 is 0 Å². The topological polar surface area (TPSA) is 66.4 Å². The fourth-order valence-electron chi connectivity index (χ4n) is 2.63. The Morgan fingerprint density at radius 2 is 1.57 bits per heavy atom. The molecule has 28 heavy (non-hydrogen) atoms. The molecule has 2 aromatic heterocycles. The molecule has 0 bridgehead atoms. The molecule has 0 aliphatic heterocycles. The number of methoxy groups -OCH3 is 1. The lowest BCUT2D eigenvalue weighted by atomic mass is 10.1. The second kappa shape index (κ2) is 9.37. The highest BCUT2D eigenvalue weighted by molar-refractivity contribution is 6.28. The molecule has 0 saturated heterocycles. The molecule has 146 valence electrons. The maximum Gasteiger partial charge on any atom is 0.228 e. The summed E-state index contributed by atoms with van der Waals surface area (Å²) in [7, 11) is 1.64. The molecule has 0 atom stereocenters. The Bertz CT molecular complexity index is 903. The van der Waals surface area contributed by atoms with Crippen LogP contribution in [0.25, 0.3) is 0 Å². The highest BCUT2D eigenvalue weighted by Crippen LogP contribution is 2.34. The summed E-state index contributed by atoms with van der Waals surface area (Å²) in [5.74, 6) is 1.73. The summed E-state index contributed by atoms with van der Waals surface area (Å²) in [6, 6.07) is 11.5. The number of hydrogen-bond donors (Lipinski definition) is 0. The number of halogens is 1. The lowest BCUT2D eigenvalue weighted by Gasteiger charge is -2.17. The summed E-state index contributed by atoms with van der Waals surface area (Å²) in [5, 5.41) is 0.0790. The Morgan fingerprint density at radius 3 is 2.11 bits per heavy atom. The van der Waals surface area contributed by atoms with Crippen molar-refractivity contribution < 1.29 is 14.2 Å². The van der Waals surface area contributed by atoms with Crippen molar-refractivity contribution in [2.75, 3.05) is 7.11 Å². The van der Waals surface area contributed by atoms with E-state index in [0.717, 1.165) is 22.4 Å². The van der Waals surface area contributed by atoms with Crippen molar-refractivity contribution in [3.05, 3.63) is 70.8 Å². The normalized spacial score (nSPS) is 10.8. The number of nitrogens with zero attached hydrogens (tertiary/aromatic N) is 3. The van der Waals surface area contributed by atoms with Crippen LogP contribution in [0.15, 0.2) is 48.8 Å². The van der Waals surface area contributed by atoms with E-state index in [0.29, 0.717) is 25.0 Å². The third kappa shape index (κ3) is 5.10. The summed E-state index contributed by atoms with van der Waals surface area (Å²) in [6.07, 6.45) is 3.47. The summed E-state index contributed by atoms with van der Waals surface area (Å²) < 4.78 is 17.1. The molecular formula is C21H22ClN3O3. The van der Waals surface area contributed by atoms with Gasteiger partial charge in [-0.3, -0.25) is 4.98 Å². The first-order chi connectivity index (χ1) is 13.6. The van der Waals surface area contributed by atoms with Crippen molar-refractivity contribution in [1.82, 2.24) is 15.0 Å². The summed E-state index contributed by atoms with van der Waals surface area (Å²) >= 11 is 6.12. The van der Waals surface area contributed by atoms with E-state index >= 15 is 0 Å². The molecule has 0 aliphatic carbocycles. The number of aromatic nitrogens is 3. The van der Waals surface area contributed by atoms with E-state index in [2.05, 4.69) is 15.0 Å². The Balaban J connectivity index is 1.80. The molecule has 0 radical (unpaired) electrons. The van der Waals surface area contributed by atoms with Crippen molar-refractivity contribution in [3.63, 3.8) is 0 Å². The number of ether oxygens (including phenoxy) is 3. The molecule has 0 spiro atoms. The molecule has 6 nitrogen and oxygen atoms in total. The summed E-state index contributed by atoms with van der Waals surface area (Å²) in [6.45, 7) is 4.74. The van der Waals surface area contributed by atoms with Gasteiger partial charge in [-0.15, -0.1) is 0 Å². The van der Waals surface area contributed by atoms with E-state index in [-0.39, 0.29) is 11.2 Å². The molecule has 3 rings (SSSR count). The van der Waals surface area contributed by atoms with E-state index in [9.17, 15) is 0 Å². The zero-order valence-corrected chi connectivity index (χ0v) is 16.8. The average molecular weight is 400 g/mol. The number of hydrogen-bond acceptors (Lipinski definition) is 6. The van der Waals surface area contributed by atoms with Crippen LogP contribution in [0.5, 0.6) is 17.5 Å². The van der Waals surface area contributed by atoms with Crippen molar-refractivity contribution >= 4 is 11.6 Å². The molecule has 0 N–H and O–H groups in total. The van der Waals surface area contributed by atoms with Crippen molar-refractivity contribution in [1.29, 1.82) is 0 Å². The monoisotopic (exact) mass is 399 g/mol. The second-order valence-corrected chi connectivity index (χ2v) is 6.80. The lowest BCUT2D eigenvalue weighted by molar-refractivity contribution is 0.265. The van der Waals surface area contributed by atoms with E-state index in [1.807, 2.05) is 50.2 Å². The maximum atomic E-state index is 6.12. The third-order valence-electron chi connectivity index (χ3n) is 4.06. The standard InChI is InChI=1S/C21H22ClN3O3/c1-14(2)18-19(27-12-15-6-8-17(26-3)9-7-15)24-21(22)25-20(18)28-13-16-5-4-10-23-11-16/h4-11,14H,12-13H2,1-3H3. The summed E-state index contributed by atoms with van der Waals surface area (Å²) in [5.41, 5.74) is 2.71. The lowest BCUT2D eigenvalue weighted by Crippen LogP contribution is -2.08. The largest absolute Gasteiger partial charge is 0.497 e. The first kappa shape index (κ1) is 19.9. The van der Waals surface area contributed by atoms with Crippen LogP contribution in [0.2, 0.25) is 5.28 Å². The summed E-state index contributed by atoms with van der Waals surface area (Å²) in [4.78, 5) is 12.6. The zero-order valence-electron chi connectivity index (χ0n) is 16.1. The van der Waals surface area contributed by atoms with Gasteiger partial charge in [0.25, 0.3) is 0 Å². The molecular weight excluding hydrogens is 378 g/mol. The number of benzene rings is 1. The predicted molar refractivity (Wildman–Crippen MR) is 107 cm³/mol. The molecule has 3 aromatic rings. The molecule has 7 heteroatoms. The minimum Gasteiger partial charge on any atom is -0.497 e. The Morgan fingerprint density at radius 1 is 0.929 bits per heavy atom. The van der Waals surface area contributed by atoms with Gasteiger partial charge in [0.2, 0.25) is 17.0 Å². The molecule has 0 aliphatic rings. The molecule has 2 heterocycles. The van der Waals surface area contributed by atoms with E-state index in [1.54, 1.807) is 19.5 Å². The first-order valence-corrected chi connectivity index (χ1v) is 9.29. The quantitative estimate of drug-likeness (QED) is 0.506. The minimum absolute atomic E-state index is 0.0790. The van der Waals surface area contributed by atoms with Gasteiger partial charge in [-0.1, -0.05) is 32.0 Å².